The van der Waals surface area contributed by atoms with E-state index in [-0.39, 0.29) is 17.9 Å². The van der Waals surface area contributed by atoms with Gasteiger partial charge in [-0.2, -0.15) is 0 Å². The van der Waals surface area contributed by atoms with Crippen molar-refractivity contribution in [1.82, 2.24) is 15.3 Å². The predicted molar refractivity (Wildman–Crippen MR) is 84.5 cm³/mol. The van der Waals surface area contributed by atoms with Crippen molar-refractivity contribution in [2.45, 2.75) is 27.2 Å². The van der Waals surface area contributed by atoms with Crippen LogP contribution < -0.4 is 5.32 Å². The molecule has 2 heterocycles. The summed E-state index contributed by atoms with van der Waals surface area (Å²) in [6.07, 6.45) is 2.45. The fraction of sp³-hybridized carbons (Fsp3) is 0.467. The van der Waals surface area contributed by atoms with Gasteiger partial charge >= 0.3 is 0 Å². The van der Waals surface area contributed by atoms with Crippen LogP contribution in [0.25, 0.3) is 11.3 Å². The Morgan fingerprint density at radius 3 is 2.90 bits per heavy atom. The number of amides is 1. The summed E-state index contributed by atoms with van der Waals surface area (Å²) in [6, 6.07) is 1.81. The van der Waals surface area contributed by atoms with Crippen LogP contribution in [0, 0.1) is 12.3 Å². The predicted octanol–water partition coefficient (Wildman–Crippen LogP) is 2.59. The van der Waals surface area contributed by atoms with E-state index in [0.29, 0.717) is 18.7 Å². The Balaban J connectivity index is 1.99. The van der Waals surface area contributed by atoms with Gasteiger partial charge in [-0.3, -0.25) is 4.79 Å². The molecule has 0 radical (unpaired) electrons. The van der Waals surface area contributed by atoms with E-state index in [1.54, 1.807) is 17.5 Å². The fourth-order valence-electron chi connectivity index (χ4n) is 1.98. The van der Waals surface area contributed by atoms with Crippen molar-refractivity contribution in [2.24, 2.45) is 5.41 Å². The molecule has 0 aromatic carbocycles. The molecule has 2 rings (SSSR count). The number of aryl methyl sites for hydroxylation is 1. The Morgan fingerprint density at radius 2 is 2.29 bits per heavy atom. The number of hydrogen-bond acceptors (Lipinski definition) is 4. The fourth-order valence-corrected chi connectivity index (χ4v) is 2.60. The molecular weight excluding hydrogens is 286 g/mol. The number of aromatic nitrogens is 2. The molecule has 5 nitrogen and oxygen atoms in total. The van der Waals surface area contributed by atoms with Gasteiger partial charge in [0.2, 0.25) is 0 Å². The number of H-pyrrole nitrogens is 1. The summed E-state index contributed by atoms with van der Waals surface area (Å²) in [5.41, 5.74) is 2.20. The lowest BCUT2D eigenvalue weighted by atomic mass is 9.90. The van der Waals surface area contributed by atoms with Crippen LogP contribution in [0.1, 0.15) is 35.8 Å². The molecule has 2 aromatic rings. The highest BCUT2D eigenvalue weighted by Crippen LogP contribution is 2.22. The molecule has 2 aromatic heterocycles. The molecule has 1 amide bonds. The lowest BCUT2D eigenvalue weighted by Gasteiger charge is -2.23. The lowest BCUT2D eigenvalue weighted by molar-refractivity contribution is 0.0924. The van der Waals surface area contributed by atoms with Crippen molar-refractivity contribution >= 4 is 17.2 Å². The van der Waals surface area contributed by atoms with Crippen molar-refractivity contribution in [3.63, 3.8) is 0 Å². The molecule has 0 saturated heterocycles. The van der Waals surface area contributed by atoms with E-state index in [4.69, 9.17) is 5.11 Å². The van der Waals surface area contributed by atoms with Gasteiger partial charge in [-0.1, -0.05) is 13.8 Å². The van der Waals surface area contributed by atoms with Gasteiger partial charge in [0, 0.05) is 30.3 Å². The van der Waals surface area contributed by atoms with E-state index in [0.717, 1.165) is 16.3 Å². The minimum absolute atomic E-state index is 0.119. The summed E-state index contributed by atoms with van der Waals surface area (Å²) in [5, 5.41) is 14.9. The number of aromatic amines is 1. The molecule has 114 valence electrons. The van der Waals surface area contributed by atoms with Crippen LogP contribution in [-0.2, 0) is 0 Å². The third-order valence-electron chi connectivity index (χ3n) is 3.36. The van der Waals surface area contributed by atoms with Gasteiger partial charge in [0.05, 0.1) is 10.7 Å². The topological polar surface area (TPSA) is 78.0 Å². The van der Waals surface area contributed by atoms with Gasteiger partial charge in [-0.25, -0.2) is 4.98 Å². The van der Waals surface area contributed by atoms with Crippen LogP contribution in [0.15, 0.2) is 17.6 Å². The molecular formula is C15H21N3O2S. The Bertz CT molecular complexity index is 616. The smallest absolute Gasteiger partial charge is 0.267 e. The molecule has 0 atom stereocenters. The molecule has 0 aliphatic heterocycles. The first-order valence-electron chi connectivity index (χ1n) is 6.91. The van der Waals surface area contributed by atoms with Gasteiger partial charge in [0.1, 0.15) is 5.69 Å². The number of carbonyl (C=O) groups excluding carboxylic acids is 1. The van der Waals surface area contributed by atoms with Crippen LogP contribution >= 0.6 is 11.3 Å². The van der Waals surface area contributed by atoms with Crippen LogP contribution in [0.5, 0.6) is 0 Å². The van der Waals surface area contributed by atoms with E-state index in [9.17, 15) is 4.79 Å². The van der Waals surface area contributed by atoms with E-state index in [1.807, 2.05) is 32.2 Å². The molecule has 0 fully saturated rings. The van der Waals surface area contributed by atoms with Gasteiger partial charge in [-0.05, 0) is 24.8 Å². The molecule has 0 bridgehead atoms. The van der Waals surface area contributed by atoms with E-state index >= 15 is 0 Å². The highest BCUT2D eigenvalue weighted by molar-refractivity contribution is 7.09. The number of rotatable bonds is 6. The quantitative estimate of drug-likeness (QED) is 0.767. The second-order valence-electron chi connectivity index (χ2n) is 5.87. The SMILES string of the molecule is Cc1nc(-c2c[nH]c(C(=O)NCC(C)(C)CCO)c2)cs1. The molecule has 0 spiro atoms. The summed E-state index contributed by atoms with van der Waals surface area (Å²) >= 11 is 1.59. The van der Waals surface area contributed by atoms with Crippen LogP contribution in [0.3, 0.4) is 0 Å². The zero-order chi connectivity index (χ0) is 15.5. The molecule has 0 unspecified atom stereocenters. The molecule has 0 aliphatic rings. The molecule has 0 saturated carbocycles. The number of thiazole rings is 1. The maximum atomic E-state index is 12.1. The van der Waals surface area contributed by atoms with Crippen molar-refractivity contribution in [1.29, 1.82) is 0 Å². The number of nitrogens with one attached hydrogen (secondary N) is 2. The summed E-state index contributed by atoms with van der Waals surface area (Å²) < 4.78 is 0. The zero-order valence-corrected chi connectivity index (χ0v) is 13.4. The van der Waals surface area contributed by atoms with Gasteiger partial charge in [0.15, 0.2) is 0 Å². The minimum Gasteiger partial charge on any atom is -0.396 e. The third-order valence-corrected chi connectivity index (χ3v) is 4.13. The van der Waals surface area contributed by atoms with E-state index < -0.39 is 0 Å². The van der Waals surface area contributed by atoms with Gasteiger partial charge in [0.25, 0.3) is 5.91 Å². The van der Waals surface area contributed by atoms with Gasteiger partial charge < -0.3 is 15.4 Å². The first-order chi connectivity index (χ1) is 9.91. The van der Waals surface area contributed by atoms with Crippen LogP contribution in [-0.4, -0.2) is 34.1 Å². The Labute approximate surface area is 128 Å². The number of aliphatic hydroxyl groups excluding tert-OH is 1. The molecule has 21 heavy (non-hydrogen) atoms. The second-order valence-corrected chi connectivity index (χ2v) is 6.94. The first kappa shape index (κ1) is 15.7. The molecule has 0 aliphatic carbocycles. The summed E-state index contributed by atoms with van der Waals surface area (Å²) in [7, 11) is 0. The van der Waals surface area contributed by atoms with Gasteiger partial charge in [-0.15, -0.1) is 11.3 Å². The number of nitrogens with zero attached hydrogens (tertiary/aromatic N) is 1. The average molecular weight is 307 g/mol. The van der Waals surface area contributed by atoms with E-state index in [2.05, 4.69) is 15.3 Å². The Morgan fingerprint density at radius 1 is 1.52 bits per heavy atom. The molecule has 3 N–H and O–H groups in total. The van der Waals surface area contributed by atoms with E-state index in [1.165, 1.54) is 0 Å². The van der Waals surface area contributed by atoms with Crippen molar-refractivity contribution in [3.8, 4) is 11.3 Å². The maximum absolute atomic E-state index is 12.1. The lowest BCUT2D eigenvalue weighted by Crippen LogP contribution is -2.34. The largest absolute Gasteiger partial charge is 0.396 e. The zero-order valence-electron chi connectivity index (χ0n) is 12.6. The summed E-state index contributed by atoms with van der Waals surface area (Å²) in [4.78, 5) is 19.5. The third kappa shape index (κ3) is 4.15. The Hall–Kier alpha value is -1.66. The Kier molecular flexibility index (Phi) is 4.80. The number of hydrogen-bond donors (Lipinski definition) is 3. The number of carbonyl (C=O) groups is 1. The van der Waals surface area contributed by atoms with Crippen LogP contribution in [0.4, 0.5) is 0 Å². The second kappa shape index (κ2) is 6.41. The van der Waals surface area contributed by atoms with Crippen molar-refractivity contribution in [2.75, 3.05) is 13.2 Å². The molecule has 6 heteroatoms. The monoisotopic (exact) mass is 307 g/mol. The highest BCUT2D eigenvalue weighted by atomic mass is 32.1. The minimum atomic E-state index is -0.140. The first-order valence-corrected chi connectivity index (χ1v) is 7.79. The standard InChI is InChI=1S/C15H21N3O2S/c1-10-18-13(8-21-10)11-6-12(16-7-11)14(20)17-9-15(2,3)4-5-19/h6-8,16,19H,4-5,9H2,1-3H3,(H,17,20). The average Bonchev–Trinajstić information content (AvgIpc) is 3.04. The van der Waals surface area contributed by atoms with Crippen LogP contribution in [0.2, 0.25) is 0 Å². The summed E-state index contributed by atoms with van der Waals surface area (Å²) in [5.74, 6) is -0.140. The number of aliphatic hydroxyl groups is 1. The maximum Gasteiger partial charge on any atom is 0.267 e. The van der Waals surface area contributed by atoms with Crippen molar-refractivity contribution in [3.05, 3.63) is 28.3 Å². The normalized spacial score (nSPS) is 11.6. The summed E-state index contributed by atoms with van der Waals surface area (Å²) in [6.45, 7) is 6.64. The highest BCUT2D eigenvalue weighted by Gasteiger charge is 2.19. The van der Waals surface area contributed by atoms with Crippen molar-refractivity contribution < 1.29 is 9.90 Å².